The molecule has 0 radical (unpaired) electrons. The van der Waals surface area contributed by atoms with Gasteiger partial charge < -0.3 is 25.0 Å². The molecular formula is C21H33N5O2S. The summed E-state index contributed by atoms with van der Waals surface area (Å²) in [5, 5.41) is 7.95. The van der Waals surface area contributed by atoms with Crippen molar-refractivity contribution in [3.8, 4) is 11.5 Å². The lowest BCUT2D eigenvalue weighted by Crippen LogP contribution is -2.42. The van der Waals surface area contributed by atoms with Gasteiger partial charge in [0.1, 0.15) is 0 Å². The molecule has 2 rings (SSSR count). The molecule has 1 aromatic heterocycles. The number of rotatable bonds is 10. The summed E-state index contributed by atoms with van der Waals surface area (Å²) < 4.78 is 10.8. The molecule has 1 heterocycles. The maximum Gasteiger partial charge on any atom is 0.191 e. The molecule has 2 aromatic rings. The van der Waals surface area contributed by atoms with Gasteiger partial charge in [0.2, 0.25) is 0 Å². The monoisotopic (exact) mass is 419 g/mol. The number of hydrogen-bond acceptors (Lipinski definition) is 6. The number of hydrogen-bond donors (Lipinski definition) is 2. The number of thiazole rings is 1. The lowest BCUT2D eigenvalue weighted by Gasteiger charge is -2.26. The van der Waals surface area contributed by atoms with E-state index in [-0.39, 0.29) is 6.04 Å². The van der Waals surface area contributed by atoms with Crippen LogP contribution in [0.25, 0.3) is 0 Å². The highest BCUT2D eigenvalue weighted by atomic mass is 32.1. The molecule has 0 aliphatic heterocycles. The number of aryl methyl sites for hydroxylation is 1. The Morgan fingerprint density at radius 1 is 1.21 bits per heavy atom. The third-order valence-electron chi connectivity index (χ3n) is 4.68. The van der Waals surface area contributed by atoms with Crippen LogP contribution in [0.4, 0.5) is 0 Å². The molecule has 0 fully saturated rings. The number of aromatic nitrogens is 1. The Bertz CT molecular complexity index is 791. The van der Waals surface area contributed by atoms with Gasteiger partial charge in [0.05, 0.1) is 25.3 Å². The Morgan fingerprint density at radius 2 is 1.97 bits per heavy atom. The standard InChI is InChI=1S/C21H33N5O2S/c1-7-16-13-24-20(29-16)10-11-23-21(22-2)25-14-17(26(3)4)15-8-9-18(27-5)19(12-15)28-6/h8-9,12-13,17H,7,10-11,14H2,1-6H3,(H2,22,23,25). The van der Waals surface area contributed by atoms with Crippen LogP contribution in [0.2, 0.25) is 0 Å². The molecule has 160 valence electrons. The maximum absolute atomic E-state index is 5.45. The molecule has 1 atom stereocenters. The van der Waals surface area contributed by atoms with E-state index in [1.807, 2.05) is 18.3 Å². The number of aliphatic imine (C=N–C) groups is 1. The second-order valence-corrected chi connectivity index (χ2v) is 8.00. The minimum atomic E-state index is 0.152. The van der Waals surface area contributed by atoms with E-state index < -0.39 is 0 Å². The van der Waals surface area contributed by atoms with Crippen molar-refractivity contribution in [2.75, 3.05) is 48.5 Å². The summed E-state index contributed by atoms with van der Waals surface area (Å²) in [6.45, 7) is 3.65. The van der Waals surface area contributed by atoms with Crippen LogP contribution in [-0.2, 0) is 12.8 Å². The van der Waals surface area contributed by atoms with Crippen LogP contribution in [-0.4, -0.2) is 64.3 Å². The molecule has 1 aromatic carbocycles. The third-order valence-corrected chi connectivity index (χ3v) is 5.88. The first kappa shape index (κ1) is 23.0. The quantitative estimate of drug-likeness (QED) is 0.456. The average Bonchev–Trinajstić information content (AvgIpc) is 3.20. The van der Waals surface area contributed by atoms with Crippen LogP contribution in [0, 0.1) is 0 Å². The Hall–Kier alpha value is -2.32. The second kappa shape index (κ2) is 11.6. The summed E-state index contributed by atoms with van der Waals surface area (Å²) in [5.41, 5.74) is 1.14. The normalized spacial score (nSPS) is 12.7. The summed E-state index contributed by atoms with van der Waals surface area (Å²) in [6.07, 6.45) is 3.90. The van der Waals surface area contributed by atoms with E-state index >= 15 is 0 Å². The number of benzene rings is 1. The number of ether oxygens (including phenoxy) is 2. The van der Waals surface area contributed by atoms with Crippen molar-refractivity contribution in [2.24, 2.45) is 4.99 Å². The fraction of sp³-hybridized carbons (Fsp3) is 0.524. The van der Waals surface area contributed by atoms with Crippen molar-refractivity contribution in [1.29, 1.82) is 0 Å². The first-order valence-electron chi connectivity index (χ1n) is 9.78. The van der Waals surface area contributed by atoms with Crippen molar-refractivity contribution in [1.82, 2.24) is 20.5 Å². The van der Waals surface area contributed by atoms with E-state index in [2.05, 4.69) is 52.6 Å². The van der Waals surface area contributed by atoms with Crippen LogP contribution >= 0.6 is 11.3 Å². The van der Waals surface area contributed by atoms with Crippen molar-refractivity contribution >= 4 is 17.3 Å². The van der Waals surface area contributed by atoms with Gasteiger partial charge in [-0.05, 0) is 38.2 Å². The minimum absolute atomic E-state index is 0.152. The van der Waals surface area contributed by atoms with Gasteiger partial charge in [0, 0.05) is 37.6 Å². The highest BCUT2D eigenvalue weighted by Crippen LogP contribution is 2.31. The van der Waals surface area contributed by atoms with E-state index in [1.165, 1.54) is 4.88 Å². The Balaban J connectivity index is 1.94. The van der Waals surface area contributed by atoms with E-state index in [1.54, 1.807) is 32.6 Å². The lowest BCUT2D eigenvalue weighted by atomic mass is 10.1. The number of nitrogens with one attached hydrogen (secondary N) is 2. The molecule has 0 aliphatic carbocycles. The van der Waals surface area contributed by atoms with E-state index in [4.69, 9.17) is 9.47 Å². The summed E-state index contributed by atoms with van der Waals surface area (Å²) in [7, 11) is 9.21. The first-order chi connectivity index (χ1) is 14.0. The summed E-state index contributed by atoms with van der Waals surface area (Å²) in [4.78, 5) is 12.3. The summed E-state index contributed by atoms with van der Waals surface area (Å²) in [6, 6.07) is 6.18. The van der Waals surface area contributed by atoms with Crippen molar-refractivity contribution in [3.05, 3.63) is 39.8 Å². The van der Waals surface area contributed by atoms with Gasteiger partial charge in [-0.15, -0.1) is 11.3 Å². The zero-order valence-electron chi connectivity index (χ0n) is 18.3. The molecule has 8 heteroatoms. The van der Waals surface area contributed by atoms with Crippen LogP contribution in [0.5, 0.6) is 11.5 Å². The van der Waals surface area contributed by atoms with E-state index in [9.17, 15) is 0 Å². The second-order valence-electron chi connectivity index (χ2n) is 6.80. The Kier molecular flexibility index (Phi) is 9.21. The molecule has 29 heavy (non-hydrogen) atoms. The zero-order chi connectivity index (χ0) is 21.2. The van der Waals surface area contributed by atoms with Gasteiger partial charge in [-0.2, -0.15) is 0 Å². The van der Waals surface area contributed by atoms with Crippen LogP contribution in [0.15, 0.2) is 29.4 Å². The number of guanidine groups is 1. The van der Waals surface area contributed by atoms with Gasteiger partial charge in [-0.1, -0.05) is 13.0 Å². The SMILES string of the molecule is CCc1cnc(CCNC(=NC)NCC(c2ccc(OC)c(OC)c2)N(C)C)s1. The van der Waals surface area contributed by atoms with Gasteiger partial charge in [-0.3, -0.25) is 4.99 Å². The topological polar surface area (TPSA) is 71.0 Å². The van der Waals surface area contributed by atoms with Crippen molar-refractivity contribution in [2.45, 2.75) is 25.8 Å². The molecule has 0 spiro atoms. The van der Waals surface area contributed by atoms with Crippen molar-refractivity contribution in [3.63, 3.8) is 0 Å². The van der Waals surface area contributed by atoms with Crippen LogP contribution in [0.3, 0.4) is 0 Å². The first-order valence-corrected chi connectivity index (χ1v) is 10.6. The van der Waals surface area contributed by atoms with Gasteiger partial charge in [-0.25, -0.2) is 4.98 Å². The molecule has 7 nitrogen and oxygen atoms in total. The predicted molar refractivity (Wildman–Crippen MR) is 121 cm³/mol. The average molecular weight is 420 g/mol. The highest BCUT2D eigenvalue weighted by Gasteiger charge is 2.17. The van der Waals surface area contributed by atoms with Gasteiger partial charge in [0.15, 0.2) is 17.5 Å². The fourth-order valence-corrected chi connectivity index (χ4v) is 3.85. The molecule has 0 saturated carbocycles. The smallest absolute Gasteiger partial charge is 0.191 e. The third kappa shape index (κ3) is 6.61. The van der Waals surface area contributed by atoms with Crippen LogP contribution < -0.4 is 20.1 Å². The number of likely N-dealkylation sites (N-methyl/N-ethyl adjacent to an activating group) is 1. The van der Waals surface area contributed by atoms with Gasteiger partial charge >= 0.3 is 0 Å². The highest BCUT2D eigenvalue weighted by molar-refractivity contribution is 7.11. The fourth-order valence-electron chi connectivity index (χ4n) is 2.99. The Labute approximate surface area is 178 Å². The van der Waals surface area contributed by atoms with Crippen LogP contribution in [0.1, 0.15) is 28.4 Å². The molecule has 0 aliphatic rings. The molecular weight excluding hydrogens is 386 g/mol. The maximum atomic E-state index is 5.45. The molecule has 2 N–H and O–H groups in total. The molecule has 0 saturated heterocycles. The van der Waals surface area contributed by atoms with E-state index in [0.717, 1.165) is 47.4 Å². The largest absolute Gasteiger partial charge is 0.493 e. The summed E-state index contributed by atoms with van der Waals surface area (Å²) >= 11 is 1.78. The number of nitrogens with zero attached hydrogens (tertiary/aromatic N) is 3. The summed E-state index contributed by atoms with van der Waals surface area (Å²) in [5.74, 6) is 2.24. The zero-order valence-corrected chi connectivity index (χ0v) is 19.1. The molecule has 0 bridgehead atoms. The number of methoxy groups -OCH3 is 2. The van der Waals surface area contributed by atoms with Crippen molar-refractivity contribution < 1.29 is 9.47 Å². The van der Waals surface area contributed by atoms with Gasteiger partial charge in [0.25, 0.3) is 0 Å². The lowest BCUT2D eigenvalue weighted by molar-refractivity contribution is 0.295. The predicted octanol–water partition coefficient (Wildman–Crippen LogP) is 2.73. The molecule has 0 amide bonds. The Morgan fingerprint density at radius 3 is 2.55 bits per heavy atom. The van der Waals surface area contributed by atoms with E-state index in [0.29, 0.717) is 6.54 Å². The molecule has 1 unspecified atom stereocenters. The minimum Gasteiger partial charge on any atom is -0.493 e.